The molecule has 0 fully saturated rings. The van der Waals surface area contributed by atoms with Gasteiger partial charge in [-0.2, -0.15) is 0 Å². The number of hydrogen-bond acceptors (Lipinski definition) is 4. The van der Waals surface area contributed by atoms with E-state index in [1.54, 1.807) is 0 Å². The number of benzene rings is 1. The fourth-order valence-corrected chi connectivity index (χ4v) is 1.74. The lowest BCUT2D eigenvalue weighted by Gasteiger charge is -2.19. The van der Waals surface area contributed by atoms with Gasteiger partial charge in [-0.15, -0.1) is 0 Å². The van der Waals surface area contributed by atoms with Gasteiger partial charge in [-0.25, -0.2) is 9.97 Å². The van der Waals surface area contributed by atoms with Crippen LogP contribution in [0.15, 0.2) is 36.4 Å². The van der Waals surface area contributed by atoms with E-state index in [-0.39, 0.29) is 5.41 Å². The van der Waals surface area contributed by atoms with Crippen molar-refractivity contribution in [1.29, 1.82) is 0 Å². The van der Waals surface area contributed by atoms with Crippen LogP contribution in [0.5, 0.6) is 5.75 Å². The fraction of sp³-hybridized carbons (Fsp3) is 0.375. The summed E-state index contributed by atoms with van der Waals surface area (Å²) in [6, 6.07) is 11.7. The molecule has 0 unspecified atom stereocenters. The molecule has 4 nitrogen and oxygen atoms in total. The molecule has 0 aliphatic heterocycles. The molecular weight excluding hydrogens is 250 g/mol. The van der Waals surface area contributed by atoms with E-state index in [0.717, 1.165) is 17.3 Å². The van der Waals surface area contributed by atoms with Gasteiger partial charge in [0.05, 0.1) is 5.69 Å². The number of hydrogen-bond donors (Lipinski definition) is 1. The SMILES string of the molecule is CNc1cc(C(C)(C)C)nc(COc2ccccc2)n1. The highest BCUT2D eigenvalue weighted by Crippen LogP contribution is 2.22. The second-order valence-electron chi connectivity index (χ2n) is 5.66. The largest absolute Gasteiger partial charge is 0.486 e. The Morgan fingerprint density at radius 1 is 1.10 bits per heavy atom. The third kappa shape index (κ3) is 3.70. The minimum absolute atomic E-state index is 0.0178. The van der Waals surface area contributed by atoms with Crippen LogP contribution in [0.2, 0.25) is 0 Å². The van der Waals surface area contributed by atoms with Gasteiger partial charge in [0.15, 0.2) is 5.82 Å². The summed E-state index contributed by atoms with van der Waals surface area (Å²) >= 11 is 0. The molecular formula is C16H21N3O. The van der Waals surface area contributed by atoms with E-state index in [4.69, 9.17) is 4.74 Å². The third-order valence-electron chi connectivity index (χ3n) is 2.91. The predicted octanol–water partition coefficient (Wildman–Crippen LogP) is 3.39. The van der Waals surface area contributed by atoms with Crippen molar-refractivity contribution in [2.75, 3.05) is 12.4 Å². The highest BCUT2D eigenvalue weighted by molar-refractivity contribution is 5.37. The van der Waals surface area contributed by atoms with Gasteiger partial charge >= 0.3 is 0 Å². The van der Waals surface area contributed by atoms with Gasteiger partial charge < -0.3 is 10.1 Å². The summed E-state index contributed by atoms with van der Waals surface area (Å²) in [5, 5.41) is 3.07. The molecule has 1 aromatic carbocycles. The zero-order valence-corrected chi connectivity index (χ0v) is 12.5. The van der Waals surface area contributed by atoms with Crippen LogP contribution in [-0.2, 0) is 12.0 Å². The molecule has 1 N–H and O–H groups in total. The molecule has 0 aliphatic carbocycles. The molecule has 106 valence electrons. The summed E-state index contributed by atoms with van der Waals surface area (Å²) in [6.45, 7) is 6.77. The number of ether oxygens (including phenoxy) is 1. The number of rotatable bonds is 4. The van der Waals surface area contributed by atoms with Crippen LogP contribution in [0.1, 0.15) is 32.3 Å². The number of para-hydroxylation sites is 1. The lowest BCUT2D eigenvalue weighted by Crippen LogP contribution is -2.17. The topological polar surface area (TPSA) is 47.0 Å². The highest BCUT2D eigenvalue weighted by Gasteiger charge is 2.17. The maximum atomic E-state index is 5.71. The smallest absolute Gasteiger partial charge is 0.168 e. The molecule has 0 saturated heterocycles. The minimum Gasteiger partial charge on any atom is -0.486 e. The minimum atomic E-state index is -0.0178. The second kappa shape index (κ2) is 5.90. The molecule has 0 amide bonds. The average molecular weight is 271 g/mol. The molecule has 0 spiro atoms. The van der Waals surface area contributed by atoms with Crippen LogP contribution in [0.3, 0.4) is 0 Å². The van der Waals surface area contributed by atoms with Gasteiger partial charge in [-0.3, -0.25) is 0 Å². The van der Waals surface area contributed by atoms with Gasteiger partial charge in [-0.1, -0.05) is 39.0 Å². The number of nitrogens with one attached hydrogen (secondary N) is 1. The van der Waals surface area contributed by atoms with E-state index < -0.39 is 0 Å². The second-order valence-corrected chi connectivity index (χ2v) is 5.66. The van der Waals surface area contributed by atoms with Crippen LogP contribution < -0.4 is 10.1 Å². The molecule has 0 saturated carbocycles. The molecule has 2 rings (SSSR count). The van der Waals surface area contributed by atoms with E-state index >= 15 is 0 Å². The highest BCUT2D eigenvalue weighted by atomic mass is 16.5. The fourth-order valence-electron chi connectivity index (χ4n) is 1.74. The number of nitrogens with zero attached hydrogens (tertiary/aromatic N) is 2. The van der Waals surface area contributed by atoms with Crippen LogP contribution >= 0.6 is 0 Å². The lowest BCUT2D eigenvalue weighted by molar-refractivity contribution is 0.295. The average Bonchev–Trinajstić information content (AvgIpc) is 2.45. The Bertz CT molecular complexity index is 562. The van der Waals surface area contributed by atoms with E-state index in [1.165, 1.54) is 0 Å². The van der Waals surface area contributed by atoms with Gasteiger partial charge in [0.2, 0.25) is 0 Å². The molecule has 0 radical (unpaired) electrons. The zero-order chi connectivity index (χ0) is 14.6. The van der Waals surface area contributed by atoms with E-state index in [0.29, 0.717) is 12.4 Å². The summed E-state index contributed by atoms with van der Waals surface area (Å²) < 4.78 is 5.71. The molecule has 4 heteroatoms. The Morgan fingerprint density at radius 2 is 1.80 bits per heavy atom. The van der Waals surface area contributed by atoms with Crippen molar-refractivity contribution in [3.8, 4) is 5.75 Å². The van der Waals surface area contributed by atoms with Crippen molar-refractivity contribution >= 4 is 5.82 Å². The van der Waals surface area contributed by atoms with Crippen molar-refractivity contribution in [1.82, 2.24) is 9.97 Å². The van der Waals surface area contributed by atoms with Crippen LogP contribution in [0.25, 0.3) is 0 Å². The Labute approximate surface area is 120 Å². The van der Waals surface area contributed by atoms with Gasteiger partial charge in [0, 0.05) is 18.5 Å². The van der Waals surface area contributed by atoms with Crippen LogP contribution in [-0.4, -0.2) is 17.0 Å². The maximum absolute atomic E-state index is 5.71. The van der Waals surface area contributed by atoms with Crippen LogP contribution in [0.4, 0.5) is 5.82 Å². The monoisotopic (exact) mass is 271 g/mol. The summed E-state index contributed by atoms with van der Waals surface area (Å²) in [5.41, 5.74) is 0.985. The molecule has 0 atom stereocenters. The summed E-state index contributed by atoms with van der Waals surface area (Å²) in [4.78, 5) is 9.02. The maximum Gasteiger partial charge on any atom is 0.168 e. The first kappa shape index (κ1) is 14.3. The van der Waals surface area contributed by atoms with Gasteiger partial charge in [0.25, 0.3) is 0 Å². The van der Waals surface area contributed by atoms with Crippen molar-refractivity contribution in [3.63, 3.8) is 0 Å². The van der Waals surface area contributed by atoms with Crippen molar-refractivity contribution in [2.45, 2.75) is 32.8 Å². The Morgan fingerprint density at radius 3 is 2.40 bits per heavy atom. The van der Waals surface area contributed by atoms with Gasteiger partial charge in [0.1, 0.15) is 18.2 Å². The molecule has 1 aromatic heterocycles. The van der Waals surface area contributed by atoms with Crippen molar-refractivity contribution < 1.29 is 4.74 Å². The summed E-state index contributed by atoms with van der Waals surface area (Å²) in [6.07, 6.45) is 0. The van der Waals surface area contributed by atoms with E-state index in [2.05, 4.69) is 36.1 Å². The van der Waals surface area contributed by atoms with Crippen molar-refractivity contribution in [2.24, 2.45) is 0 Å². The Balaban J connectivity index is 2.19. The molecule has 0 bridgehead atoms. The van der Waals surface area contributed by atoms with Crippen LogP contribution in [0, 0.1) is 0 Å². The number of anilines is 1. The zero-order valence-electron chi connectivity index (χ0n) is 12.5. The third-order valence-corrected chi connectivity index (χ3v) is 2.91. The molecule has 20 heavy (non-hydrogen) atoms. The van der Waals surface area contributed by atoms with Crippen molar-refractivity contribution in [3.05, 3.63) is 47.9 Å². The van der Waals surface area contributed by atoms with E-state index in [9.17, 15) is 0 Å². The normalized spacial score (nSPS) is 11.2. The Kier molecular flexibility index (Phi) is 4.23. The first-order valence-electron chi connectivity index (χ1n) is 6.73. The predicted molar refractivity (Wildman–Crippen MR) is 81.1 cm³/mol. The standard InChI is InChI=1S/C16H21N3O/c1-16(2,3)13-10-14(17-4)19-15(18-13)11-20-12-8-6-5-7-9-12/h5-10H,11H2,1-4H3,(H,17,18,19). The summed E-state index contributed by atoms with van der Waals surface area (Å²) in [5.74, 6) is 2.32. The number of aromatic nitrogens is 2. The summed E-state index contributed by atoms with van der Waals surface area (Å²) in [7, 11) is 1.86. The Hall–Kier alpha value is -2.10. The quantitative estimate of drug-likeness (QED) is 0.926. The molecule has 2 aromatic rings. The van der Waals surface area contributed by atoms with E-state index in [1.807, 2.05) is 43.4 Å². The molecule has 0 aliphatic rings. The molecule has 1 heterocycles. The first-order chi connectivity index (χ1) is 9.49. The van der Waals surface area contributed by atoms with Gasteiger partial charge in [-0.05, 0) is 12.1 Å². The first-order valence-corrected chi connectivity index (χ1v) is 6.73. The lowest BCUT2D eigenvalue weighted by atomic mass is 9.92.